The van der Waals surface area contributed by atoms with Crippen LogP contribution in [0.4, 0.5) is 0 Å². The van der Waals surface area contributed by atoms with Crippen LogP contribution in [0.2, 0.25) is 0 Å². The number of aromatic nitrogens is 2. The molecule has 1 aliphatic rings. The van der Waals surface area contributed by atoms with E-state index in [1.54, 1.807) is 0 Å². The number of halogens is 1. The minimum Gasteiger partial charge on any atom is -0.381 e. The van der Waals surface area contributed by atoms with E-state index in [0.29, 0.717) is 5.92 Å². The minimum atomic E-state index is -0.542. The predicted molar refractivity (Wildman–Crippen MR) is 106 cm³/mol. The number of thiophene rings is 1. The van der Waals surface area contributed by atoms with Crippen molar-refractivity contribution >= 4 is 43.3 Å². The van der Waals surface area contributed by atoms with Gasteiger partial charge in [0.15, 0.2) is 5.69 Å². The minimum absolute atomic E-state index is 0.247. The van der Waals surface area contributed by atoms with Crippen LogP contribution in [0.5, 0.6) is 0 Å². The summed E-state index contributed by atoms with van der Waals surface area (Å²) in [5.74, 6) is -0.101. The van der Waals surface area contributed by atoms with Crippen LogP contribution in [0.25, 0.3) is 20.5 Å². The fourth-order valence-electron chi connectivity index (χ4n) is 3.30. The Kier molecular flexibility index (Phi) is 5.02. The van der Waals surface area contributed by atoms with Gasteiger partial charge in [-0.3, -0.25) is 4.79 Å². The van der Waals surface area contributed by atoms with Gasteiger partial charge < -0.3 is 10.5 Å². The SMILES string of the molecule is NC(=O)c1nnc(CC2CCCOC2)c2cc(-c3ccc(Br)cc3)sc12. The van der Waals surface area contributed by atoms with Crippen LogP contribution in [0, 0.1) is 5.92 Å². The number of ether oxygens (including phenoxy) is 1. The zero-order chi connectivity index (χ0) is 18.1. The lowest BCUT2D eigenvalue weighted by molar-refractivity contribution is 0.0547. The van der Waals surface area contributed by atoms with Gasteiger partial charge in [-0.15, -0.1) is 16.4 Å². The molecule has 3 heterocycles. The van der Waals surface area contributed by atoms with Crippen molar-refractivity contribution in [3.63, 3.8) is 0 Å². The first-order valence-electron chi connectivity index (χ1n) is 8.54. The average molecular weight is 432 g/mol. The van der Waals surface area contributed by atoms with Crippen LogP contribution >= 0.6 is 27.3 Å². The summed E-state index contributed by atoms with van der Waals surface area (Å²) in [5, 5.41) is 9.44. The van der Waals surface area contributed by atoms with Gasteiger partial charge in [-0.25, -0.2) is 0 Å². The molecule has 1 unspecified atom stereocenters. The van der Waals surface area contributed by atoms with Gasteiger partial charge in [-0.05, 0) is 48.9 Å². The van der Waals surface area contributed by atoms with E-state index < -0.39 is 5.91 Å². The van der Waals surface area contributed by atoms with E-state index in [-0.39, 0.29) is 5.69 Å². The smallest absolute Gasteiger partial charge is 0.270 e. The van der Waals surface area contributed by atoms with Crippen LogP contribution in [0.3, 0.4) is 0 Å². The molecule has 0 saturated carbocycles. The van der Waals surface area contributed by atoms with Crippen molar-refractivity contribution in [3.05, 3.63) is 46.2 Å². The molecule has 2 aromatic heterocycles. The van der Waals surface area contributed by atoms with Crippen molar-refractivity contribution in [1.82, 2.24) is 10.2 Å². The number of rotatable bonds is 4. The molecule has 1 fully saturated rings. The van der Waals surface area contributed by atoms with E-state index in [2.05, 4.69) is 32.2 Å². The third-order valence-corrected chi connectivity index (χ3v) is 6.35. The van der Waals surface area contributed by atoms with Crippen LogP contribution in [0.1, 0.15) is 29.0 Å². The number of benzene rings is 1. The number of nitrogens with two attached hydrogens (primary N) is 1. The first kappa shape index (κ1) is 17.6. The number of nitrogens with zero attached hydrogens (tertiary/aromatic N) is 2. The monoisotopic (exact) mass is 431 g/mol. The molecule has 1 atom stereocenters. The predicted octanol–water partition coefficient (Wildman–Crippen LogP) is 4.19. The maximum Gasteiger partial charge on any atom is 0.270 e. The van der Waals surface area contributed by atoms with Crippen LogP contribution in [-0.2, 0) is 11.2 Å². The summed E-state index contributed by atoms with van der Waals surface area (Å²) < 4.78 is 7.44. The van der Waals surface area contributed by atoms with Gasteiger partial charge >= 0.3 is 0 Å². The first-order valence-corrected chi connectivity index (χ1v) is 10.2. The average Bonchev–Trinajstić information content (AvgIpc) is 3.09. The highest BCUT2D eigenvalue weighted by Gasteiger charge is 2.21. The molecular formula is C19H18BrN3O2S. The summed E-state index contributed by atoms with van der Waals surface area (Å²) in [5.41, 5.74) is 7.78. The van der Waals surface area contributed by atoms with E-state index in [0.717, 1.165) is 63.2 Å². The summed E-state index contributed by atoms with van der Waals surface area (Å²) in [6, 6.07) is 10.2. The molecular weight excluding hydrogens is 414 g/mol. The molecule has 0 aliphatic carbocycles. The highest BCUT2D eigenvalue weighted by Crippen LogP contribution is 2.37. The second-order valence-corrected chi connectivity index (χ2v) is 8.48. The Labute approximate surface area is 163 Å². The lowest BCUT2D eigenvalue weighted by atomic mass is 9.95. The molecule has 1 saturated heterocycles. The molecule has 2 N–H and O–H groups in total. The number of hydrogen-bond acceptors (Lipinski definition) is 5. The van der Waals surface area contributed by atoms with Gasteiger partial charge in [-0.2, -0.15) is 5.10 Å². The number of primary amides is 1. The van der Waals surface area contributed by atoms with Crippen molar-refractivity contribution < 1.29 is 9.53 Å². The van der Waals surface area contributed by atoms with Crippen LogP contribution in [0.15, 0.2) is 34.8 Å². The molecule has 5 nitrogen and oxygen atoms in total. The topological polar surface area (TPSA) is 78.1 Å². The number of amides is 1. The maximum absolute atomic E-state index is 11.8. The van der Waals surface area contributed by atoms with Crippen molar-refractivity contribution in [1.29, 1.82) is 0 Å². The van der Waals surface area contributed by atoms with Gasteiger partial charge in [0.1, 0.15) is 0 Å². The number of carbonyl (C=O) groups is 1. The normalized spacial score (nSPS) is 17.5. The molecule has 0 radical (unpaired) electrons. The second-order valence-electron chi connectivity index (χ2n) is 6.51. The largest absolute Gasteiger partial charge is 0.381 e. The zero-order valence-electron chi connectivity index (χ0n) is 14.1. The molecule has 7 heteroatoms. The molecule has 26 heavy (non-hydrogen) atoms. The third-order valence-electron chi connectivity index (χ3n) is 4.63. The summed E-state index contributed by atoms with van der Waals surface area (Å²) >= 11 is 5.00. The highest BCUT2D eigenvalue weighted by atomic mass is 79.9. The van der Waals surface area contributed by atoms with Crippen molar-refractivity contribution in [3.8, 4) is 10.4 Å². The summed E-state index contributed by atoms with van der Waals surface area (Å²) in [6.45, 7) is 1.59. The van der Waals surface area contributed by atoms with Gasteiger partial charge in [0.05, 0.1) is 10.4 Å². The Hall–Kier alpha value is -1.83. The molecule has 0 bridgehead atoms. The Morgan fingerprint density at radius 2 is 2.12 bits per heavy atom. The third kappa shape index (κ3) is 3.51. The standard InChI is InChI=1S/C19H18BrN3O2S/c20-13-5-3-12(4-6-13)16-9-14-15(8-11-2-1-7-25-10-11)22-23-17(19(21)24)18(14)26-16/h3-6,9,11H,1-2,7-8,10H2,(H2,21,24). The number of fused-ring (bicyclic) bond motifs is 1. The Balaban J connectivity index is 1.78. The number of hydrogen-bond donors (Lipinski definition) is 1. The number of carbonyl (C=O) groups excluding carboxylic acids is 1. The van der Waals surface area contributed by atoms with Gasteiger partial charge in [0.25, 0.3) is 5.91 Å². The lowest BCUT2D eigenvalue weighted by Gasteiger charge is -2.21. The van der Waals surface area contributed by atoms with Gasteiger partial charge in [0, 0.05) is 27.9 Å². The molecule has 1 aliphatic heterocycles. The first-order chi connectivity index (χ1) is 12.6. The van der Waals surface area contributed by atoms with Gasteiger partial charge in [0.2, 0.25) is 0 Å². The summed E-state index contributed by atoms with van der Waals surface area (Å²) in [6.07, 6.45) is 3.01. The summed E-state index contributed by atoms with van der Waals surface area (Å²) in [7, 11) is 0. The van der Waals surface area contributed by atoms with Crippen molar-refractivity contribution in [2.45, 2.75) is 19.3 Å². The van der Waals surface area contributed by atoms with Crippen LogP contribution < -0.4 is 5.73 Å². The molecule has 3 aromatic rings. The van der Waals surface area contributed by atoms with Gasteiger partial charge in [-0.1, -0.05) is 28.1 Å². The summed E-state index contributed by atoms with van der Waals surface area (Å²) in [4.78, 5) is 12.9. The quantitative estimate of drug-likeness (QED) is 0.671. The van der Waals surface area contributed by atoms with Crippen molar-refractivity contribution in [2.24, 2.45) is 11.7 Å². The fourth-order valence-corrected chi connectivity index (χ4v) is 4.74. The Bertz CT molecular complexity index is 949. The fraction of sp³-hybridized carbons (Fsp3) is 0.316. The van der Waals surface area contributed by atoms with Crippen molar-refractivity contribution in [2.75, 3.05) is 13.2 Å². The van der Waals surface area contributed by atoms with E-state index in [9.17, 15) is 4.79 Å². The second kappa shape index (κ2) is 7.42. The Morgan fingerprint density at radius 1 is 1.31 bits per heavy atom. The van der Waals surface area contributed by atoms with E-state index in [4.69, 9.17) is 10.5 Å². The zero-order valence-corrected chi connectivity index (χ0v) is 16.5. The molecule has 1 aromatic carbocycles. The van der Waals surface area contributed by atoms with E-state index in [1.807, 2.05) is 24.3 Å². The van der Waals surface area contributed by atoms with Crippen LogP contribution in [-0.4, -0.2) is 29.3 Å². The molecule has 0 spiro atoms. The molecule has 4 rings (SSSR count). The highest BCUT2D eigenvalue weighted by molar-refractivity contribution is 9.10. The molecule has 1 amide bonds. The maximum atomic E-state index is 11.8. The lowest BCUT2D eigenvalue weighted by Crippen LogP contribution is -2.20. The Morgan fingerprint density at radius 3 is 2.81 bits per heavy atom. The molecule has 134 valence electrons. The van der Waals surface area contributed by atoms with E-state index in [1.165, 1.54) is 11.3 Å². The van der Waals surface area contributed by atoms with E-state index >= 15 is 0 Å².